The van der Waals surface area contributed by atoms with E-state index < -0.39 is 5.97 Å². The number of ether oxygens (including phenoxy) is 2. The van der Waals surface area contributed by atoms with E-state index in [2.05, 4.69) is 11.9 Å². The van der Waals surface area contributed by atoms with Gasteiger partial charge >= 0.3 is 5.97 Å². The summed E-state index contributed by atoms with van der Waals surface area (Å²) in [5, 5.41) is 12.1. The van der Waals surface area contributed by atoms with Crippen LogP contribution in [0.4, 0.5) is 5.69 Å². The van der Waals surface area contributed by atoms with Crippen LogP contribution in [0.2, 0.25) is 0 Å². The van der Waals surface area contributed by atoms with Gasteiger partial charge in [0.25, 0.3) is 0 Å². The zero-order valence-corrected chi connectivity index (χ0v) is 12.9. The smallest absolute Gasteiger partial charge is 0.335 e. The van der Waals surface area contributed by atoms with Crippen molar-refractivity contribution < 1.29 is 19.4 Å². The van der Waals surface area contributed by atoms with Crippen LogP contribution >= 0.6 is 0 Å². The van der Waals surface area contributed by atoms with Gasteiger partial charge in [-0.25, -0.2) is 4.79 Å². The van der Waals surface area contributed by atoms with E-state index in [9.17, 15) is 4.79 Å². The van der Waals surface area contributed by atoms with E-state index in [4.69, 9.17) is 14.6 Å². The summed E-state index contributed by atoms with van der Waals surface area (Å²) in [5.74, 6) is 0.394. The molecule has 5 nitrogen and oxygen atoms in total. The van der Waals surface area contributed by atoms with Gasteiger partial charge in [0.2, 0.25) is 0 Å². The van der Waals surface area contributed by atoms with E-state index in [0.717, 1.165) is 11.3 Å². The number of nitrogens with one attached hydrogen (secondary N) is 1. The molecule has 2 N–H and O–H groups in total. The predicted molar refractivity (Wildman–Crippen MR) is 89.4 cm³/mol. The highest BCUT2D eigenvalue weighted by Gasteiger charge is 2.06. The fourth-order valence-corrected chi connectivity index (χ4v) is 2.02. The number of carboxylic acids is 1. The number of hydrogen-bond acceptors (Lipinski definition) is 4. The minimum Gasteiger partial charge on any atom is -0.493 e. The first kappa shape index (κ1) is 16.4. The Balaban J connectivity index is 2.02. The molecule has 0 saturated heterocycles. The second-order valence-corrected chi connectivity index (χ2v) is 4.82. The van der Waals surface area contributed by atoms with E-state index in [1.807, 2.05) is 18.2 Å². The van der Waals surface area contributed by atoms with Gasteiger partial charge in [0.1, 0.15) is 6.61 Å². The average molecular weight is 313 g/mol. The minimum atomic E-state index is -0.934. The molecule has 2 aromatic carbocycles. The zero-order valence-electron chi connectivity index (χ0n) is 12.9. The number of benzene rings is 2. The Morgan fingerprint density at radius 1 is 1.22 bits per heavy atom. The van der Waals surface area contributed by atoms with Crippen molar-refractivity contribution in [1.29, 1.82) is 0 Å². The Bertz CT molecular complexity index is 680. The lowest BCUT2D eigenvalue weighted by molar-refractivity contribution is 0.0697. The molecule has 0 aromatic heterocycles. The molecule has 0 spiro atoms. The summed E-state index contributed by atoms with van der Waals surface area (Å²) in [5.41, 5.74) is 2.14. The molecule has 0 aliphatic heterocycles. The average Bonchev–Trinajstić information content (AvgIpc) is 2.58. The molecule has 2 aromatic rings. The molecule has 0 saturated carbocycles. The molecule has 0 atom stereocenters. The van der Waals surface area contributed by atoms with Crippen LogP contribution in [0.25, 0.3) is 0 Å². The topological polar surface area (TPSA) is 67.8 Å². The molecule has 0 fully saturated rings. The van der Waals surface area contributed by atoms with Gasteiger partial charge in [-0.3, -0.25) is 0 Å². The second kappa shape index (κ2) is 7.89. The van der Waals surface area contributed by atoms with Crippen molar-refractivity contribution >= 4 is 11.7 Å². The van der Waals surface area contributed by atoms with Gasteiger partial charge in [0.15, 0.2) is 11.5 Å². The van der Waals surface area contributed by atoms with Crippen LogP contribution in [0.3, 0.4) is 0 Å². The number of carbonyl (C=O) groups is 1. The third-order valence-corrected chi connectivity index (χ3v) is 3.21. The predicted octanol–water partition coefficient (Wildman–Crippen LogP) is 3.57. The van der Waals surface area contributed by atoms with Crippen LogP contribution in [-0.2, 0) is 6.54 Å². The molecule has 2 rings (SSSR count). The van der Waals surface area contributed by atoms with Crippen molar-refractivity contribution in [2.24, 2.45) is 0 Å². The van der Waals surface area contributed by atoms with Gasteiger partial charge in [-0.1, -0.05) is 18.7 Å². The van der Waals surface area contributed by atoms with Gasteiger partial charge < -0.3 is 19.9 Å². The molecule has 0 unspecified atom stereocenters. The summed E-state index contributed by atoms with van der Waals surface area (Å²) in [6.45, 7) is 4.62. The van der Waals surface area contributed by atoms with Crippen LogP contribution in [0.1, 0.15) is 15.9 Å². The Hall–Kier alpha value is -2.95. The van der Waals surface area contributed by atoms with Crippen molar-refractivity contribution in [2.75, 3.05) is 19.0 Å². The van der Waals surface area contributed by atoms with Crippen molar-refractivity contribution in [2.45, 2.75) is 6.54 Å². The summed E-state index contributed by atoms with van der Waals surface area (Å²) in [6.07, 6.45) is 1.68. The van der Waals surface area contributed by atoms with Crippen molar-refractivity contribution in [3.05, 3.63) is 66.2 Å². The fraction of sp³-hybridized carbons (Fsp3) is 0.167. The molecule has 0 aliphatic carbocycles. The van der Waals surface area contributed by atoms with E-state index in [-0.39, 0.29) is 5.56 Å². The molecular formula is C18H19NO4. The first-order chi connectivity index (χ1) is 11.1. The summed E-state index contributed by atoms with van der Waals surface area (Å²) >= 11 is 0. The van der Waals surface area contributed by atoms with E-state index >= 15 is 0 Å². The molecule has 5 heteroatoms. The monoisotopic (exact) mass is 313 g/mol. The molecule has 0 heterocycles. The summed E-state index contributed by atoms with van der Waals surface area (Å²) in [7, 11) is 1.60. The first-order valence-corrected chi connectivity index (χ1v) is 7.12. The Labute approximate surface area is 135 Å². The third-order valence-electron chi connectivity index (χ3n) is 3.21. The van der Waals surface area contributed by atoms with E-state index in [1.165, 1.54) is 0 Å². The van der Waals surface area contributed by atoms with E-state index in [1.54, 1.807) is 37.5 Å². The number of hydrogen-bond donors (Lipinski definition) is 2. The quantitative estimate of drug-likeness (QED) is 0.729. The molecule has 0 radical (unpaired) electrons. The lowest BCUT2D eigenvalue weighted by atomic mass is 10.1. The van der Waals surface area contributed by atoms with Gasteiger partial charge in [-0.15, -0.1) is 0 Å². The second-order valence-electron chi connectivity index (χ2n) is 4.82. The summed E-state index contributed by atoms with van der Waals surface area (Å²) in [4.78, 5) is 10.8. The number of aromatic carboxylic acids is 1. The minimum absolute atomic E-state index is 0.265. The summed E-state index contributed by atoms with van der Waals surface area (Å²) in [6, 6.07) is 12.3. The maximum Gasteiger partial charge on any atom is 0.335 e. The standard InChI is InChI=1S/C18H19NO4/c1-3-10-23-16-9-4-13(11-17(16)22-2)12-19-15-7-5-14(6-8-15)18(20)21/h3-9,11,19H,1,10,12H2,2H3,(H,20,21). The third kappa shape index (κ3) is 4.51. The van der Waals surface area contributed by atoms with Gasteiger partial charge in [0, 0.05) is 12.2 Å². The molecule has 120 valence electrons. The van der Waals surface area contributed by atoms with Crippen LogP contribution in [0.15, 0.2) is 55.1 Å². The Kier molecular flexibility index (Phi) is 5.63. The zero-order chi connectivity index (χ0) is 16.7. The van der Waals surface area contributed by atoms with Gasteiger partial charge in [-0.2, -0.15) is 0 Å². The maximum absolute atomic E-state index is 10.8. The highest BCUT2D eigenvalue weighted by molar-refractivity contribution is 5.87. The number of methoxy groups -OCH3 is 1. The molecular weight excluding hydrogens is 294 g/mol. The van der Waals surface area contributed by atoms with Crippen LogP contribution in [0, 0.1) is 0 Å². The number of carboxylic acid groups (broad SMARTS) is 1. The fourth-order valence-electron chi connectivity index (χ4n) is 2.02. The largest absolute Gasteiger partial charge is 0.493 e. The Morgan fingerprint density at radius 3 is 2.57 bits per heavy atom. The highest BCUT2D eigenvalue weighted by Crippen LogP contribution is 2.28. The Morgan fingerprint density at radius 2 is 1.96 bits per heavy atom. The number of anilines is 1. The molecule has 0 amide bonds. The lowest BCUT2D eigenvalue weighted by Gasteiger charge is -2.12. The molecule has 0 bridgehead atoms. The summed E-state index contributed by atoms with van der Waals surface area (Å²) < 4.78 is 10.8. The normalized spacial score (nSPS) is 9.96. The van der Waals surface area contributed by atoms with Crippen molar-refractivity contribution in [3.8, 4) is 11.5 Å². The SMILES string of the molecule is C=CCOc1ccc(CNc2ccc(C(=O)O)cc2)cc1OC. The van der Waals surface area contributed by atoms with Crippen LogP contribution in [0.5, 0.6) is 11.5 Å². The molecule has 23 heavy (non-hydrogen) atoms. The van der Waals surface area contributed by atoms with Gasteiger partial charge in [-0.05, 0) is 42.0 Å². The first-order valence-electron chi connectivity index (χ1n) is 7.12. The maximum atomic E-state index is 10.8. The van der Waals surface area contributed by atoms with Gasteiger partial charge in [0.05, 0.1) is 12.7 Å². The number of rotatable bonds is 8. The van der Waals surface area contributed by atoms with Crippen molar-refractivity contribution in [1.82, 2.24) is 0 Å². The van der Waals surface area contributed by atoms with Crippen LogP contribution < -0.4 is 14.8 Å². The van der Waals surface area contributed by atoms with Crippen LogP contribution in [-0.4, -0.2) is 24.8 Å². The van der Waals surface area contributed by atoms with E-state index in [0.29, 0.717) is 24.7 Å². The highest BCUT2D eigenvalue weighted by atomic mass is 16.5. The lowest BCUT2D eigenvalue weighted by Crippen LogP contribution is -2.02. The molecule has 0 aliphatic rings. The van der Waals surface area contributed by atoms with Crippen molar-refractivity contribution in [3.63, 3.8) is 0 Å².